The van der Waals surface area contributed by atoms with Crippen molar-refractivity contribution < 1.29 is 0 Å². The van der Waals surface area contributed by atoms with E-state index in [-0.39, 0.29) is 0 Å². The molecule has 0 N–H and O–H groups in total. The molecule has 0 aliphatic heterocycles. The highest BCUT2D eigenvalue weighted by atomic mass is 14.7. The van der Waals surface area contributed by atoms with Crippen LogP contribution in [-0.4, -0.2) is 4.98 Å². The number of pyridine rings is 1. The van der Waals surface area contributed by atoms with Crippen LogP contribution in [0, 0.1) is 6.92 Å². The Hall–Kier alpha value is -0.850. The van der Waals surface area contributed by atoms with Crippen LogP contribution in [0.15, 0.2) is 12.3 Å². The van der Waals surface area contributed by atoms with E-state index in [1.54, 1.807) is 0 Å². The van der Waals surface area contributed by atoms with Crippen LogP contribution in [0.2, 0.25) is 0 Å². The fourth-order valence-corrected chi connectivity index (χ4v) is 2.46. The monoisotopic (exact) mass is 233 g/mol. The average Bonchev–Trinajstić information content (AvgIpc) is 2.34. The molecule has 0 aliphatic carbocycles. The summed E-state index contributed by atoms with van der Waals surface area (Å²) in [4.78, 5) is 4.38. The summed E-state index contributed by atoms with van der Waals surface area (Å²) >= 11 is 0. The summed E-state index contributed by atoms with van der Waals surface area (Å²) in [7, 11) is 0. The van der Waals surface area contributed by atoms with Crippen molar-refractivity contribution in [3.63, 3.8) is 0 Å². The summed E-state index contributed by atoms with van der Waals surface area (Å²) in [6.45, 7) is 6.63. The predicted octanol–water partition coefficient (Wildman–Crippen LogP) is 4.86. The van der Waals surface area contributed by atoms with Crippen molar-refractivity contribution in [1.82, 2.24) is 4.98 Å². The summed E-state index contributed by atoms with van der Waals surface area (Å²) in [5.41, 5.74) is 4.22. The quantitative estimate of drug-likeness (QED) is 0.585. The van der Waals surface area contributed by atoms with Crippen LogP contribution < -0.4 is 0 Å². The number of nitrogens with zero attached hydrogens (tertiary/aromatic N) is 1. The van der Waals surface area contributed by atoms with E-state index in [0.717, 1.165) is 6.42 Å². The molecule has 0 atom stereocenters. The zero-order valence-electron chi connectivity index (χ0n) is 11.8. The minimum atomic E-state index is 1.12. The first-order chi connectivity index (χ1) is 8.29. The lowest BCUT2D eigenvalue weighted by Crippen LogP contribution is -1.98. The Morgan fingerprint density at radius 2 is 1.71 bits per heavy atom. The first kappa shape index (κ1) is 14.2. The molecule has 0 saturated heterocycles. The molecule has 1 heterocycles. The zero-order chi connectivity index (χ0) is 12.5. The molecule has 0 unspecified atom stereocenters. The van der Waals surface area contributed by atoms with Gasteiger partial charge in [0.15, 0.2) is 0 Å². The molecule has 1 aromatic rings. The summed E-state index contributed by atoms with van der Waals surface area (Å²) in [6, 6.07) is 2.21. The van der Waals surface area contributed by atoms with E-state index in [0.29, 0.717) is 0 Å². The molecule has 1 rings (SSSR count). The van der Waals surface area contributed by atoms with E-state index in [1.165, 1.54) is 61.8 Å². The minimum absolute atomic E-state index is 1.12. The number of unbranched alkanes of at least 4 members (excludes halogenated alkanes) is 5. The van der Waals surface area contributed by atoms with Crippen molar-refractivity contribution in [2.45, 2.75) is 72.1 Å². The van der Waals surface area contributed by atoms with Crippen molar-refractivity contribution in [2.75, 3.05) is 0 Å². The summed E-state index contributed by atoms with van der Waals surface area (Å²) in [5.74, 6) is 0. The molecule has 0 aromatic carbocycles. The maximum Gasteiger partial charge on any atom is 0.0407 e. The fourth-order valence-electron chi connectivity index (χ4n) is 2.46. The number of hydrogen-bond acceptors (Lipinski definition) is 1. The molecule has 1 aromatic heterocycles. The standard InChI is InChI=1S/C16H27N/c1-4-6-7-8-9-10-11-15-12-13-17-14(3)16(15)5-2/h12-13H,4-11H2,1-3H3. The van der Waals surface area contributed by atoms with Gasteiger partial charge in [0.25, 0.3) is 0 Å². The van der Waals surface area contributed by atoms with Crippen LogP contribution in [0.5, 0.6) is 0 Å². The molecule has 17 heavy (non-hydrogen) atoms. The van der Waals surface area contributed by atoms with Crippen molar-refractivity contribution in [2.24, 2.45) is 0 Å². The highest BCUT2D eigenvalue weighted by Crippen LogP contribution is 2.16. The van der Waals surface area contributed by atoms with Crippen molar-refractivity contribution in [3.8, 4) is 0 Å². The molecule has 0 radical (unpaired) electrons. The maximum absolute atomic E-state index is 4.38. The second kappa shape index (κ2) is 8.27. The van der Waals surface area contributed by atoms with Crippen LogP contribution >= 0.6 is 0 Å². The highest BCUT2D eigenvalue weighted by molar-refractivity contribution is 5.29. The summed E-state index contributed by atoms with van der Waals surface area (Å²) in [5, 5.41) is 0. The van der Waals surface area contributed by atoms with Gasteiger partial charge in [-0.05, 0) is 43.4 Å². The lowest BCUT2D eigenvalue weighted by molar-refractivity contribution is 0.606. The molecule has 1 heteroatoms. The SMILES string of the molecule is CCCCCCCCc1ccnc(C)c1CC. The van der Waals surface area contributed by atoms with Gasteiger partial charge >= 0.3 is 0 Å². The van der Waals surface area contributed by atoms with Gasteiger partial charge in [0.05, 0.1) is 0 Å². The second-order valence-corrected chi connectivity index (χ2v) is 4.91. The van der Waals surface area contributed by atoms with Gasteiger partial charge in [-0.1, -0.05) is 46.0 Å². The van der Waals surface area contributed by atoms with Gasteiger partial charge in [-0.15, -0.1) is 0 Å². The Balaban J connectivity index is 2.33. The first-order valence-corrected chi connectivity index (χ1v) is 7.23. The number of hydrogen-bond donors (Lipinski definition) is 0. The number of aromatic nitrogens is 1. The van der Waals surface area contributed by atoms with Crippen LogP contribution in [0.1, 0.15) is 69.2 Å². The summed E-state index contributed by atoms with van der Waals surface area (Å²) < 4.78 is 0. The lowest BCUT2D eigenvalue weighted by Gasteiger charge is -2.09. The molecule has 0 aliphatic rings. The normalized spacial score (nSPS) is 10.8. The second-order valence-electron chi connectivity index (χ2n) is 4.91. The van der Waals surface area contributed by atoms with Gasteiger partial charge in [0, 0.05) is 11.9 Å². The highest BCUT2D eigenvalue weighted by Gasteiger charge is 2.04. The van der Waals surface area contributed by atoms with E-state index >= 15 is 0 Å². The van der Waals surface area contributed by atoms with Gasteiger partial charge in [-0.2, -0.15) is 0 Å². The van der Waals surface area contributed by atoms with Crippen molar-refractivity contribution in [3.05, 3.63) is 29.1 Å². The van der Waals surface area contributed by atoms with Crippen molar-refractivity contribution in [1.29, 1.82) is 0 Å². The lowest BCUT2D eigenvalue weighted by atomic mass is 9.99. The number of rotatable bonds is 8. The van der Waals surface area contributed by atoms with E-state index < -0.39 is 0 Å². The third-order valence-electron chi connectivity index (χ3n) is 3.52. The van der Waals surface area contributed by atoms with E-state index in [9.17, 15) is 0 Å². The smallest absolute Gasteiger partial charge is 0.0407 e. The Morgan fingerprint density at radius 3 is 2.41 bits per heavy atom. The van der Waals surface area contributed by atoms with E-state index in [1.807, 2.05) is 6.20 Å². The predicted molar refractivity (Wildman–Crippen MR) is 75.4 cm³/mol. The maximum atomic E-state index is 4.38. The van der Waals surface area contributed by atoms with E-state index in [4.69, 9.17) is 0 Å². The molecule has 1 nitrogen and oxygen atoms in total. The molecule has 0 spiro atoms. The molecule has 0 fully saturated rings. The Kier molecular flexibility index (Phi) is 6.91. The topological polar surface area (TPSA) is 12.9 Å². The third kappa shape index (κ3) is 4.89. The Bertz CT molecular complexity index is 317. The zero-order valence-corrected chi connectivity index (χ0v) is 11.8. The van der Waals surface area contributed by atoms with Crippen LogP contribution in [0.25, 0.3) is 0 Å². The molecule has 0 amide bonds. The van der Waals surface area contributed by atoms with E-state index in [2.05, 4.69) is 31.8 Å². The molecule has 0 saturated carbocycles. The Labute approximate surface area is 107 Å². The molecular formula is C16H27N. The minimum Gasteiger partial charge on any atom is -0.261 e. The first-order valence-electron chi connectivity index (χ1n) is 7.23. The van der Waals surface area contributed by atoms with Crippen LogP contribution in [0.3, 0.4) is 0 Å². The fraction of sp³-hybridized carbons (Fsp3) is 0.688. The van der Waals surface area contributed by atoms with Gasteiger partial charge in [0.1, 0.15) is 0 Å². The largest absolute Gasteiger partial charge is 0.261 e. The summed E-state index contributed by atoms with van der Waals surface area (Å²) in [6.07, 6.45) is 12.6. The Morgan fingerprint density at radius 1 is 1.00 bits per heavy atom. The average molecular weight is 233 g/mol. The van der Waals surface area contributed by atoms with Gasteiger partial charge in [-0.3, -0.25) is 4.98 Å². The van der Waals surface area contributed by atoms with Crippen LogP contribution in [0.4, 0.5) is 0 Å². The van der Waals surface area contributed by atoms with Gasteiger partial charge in [0.2, 0.25) is 0 Å². The van der Waals surface area contributed by atoms with Gasteiger partial charge < -0.3 is 0 Å². The van der Waals surface area contributed by atoms with Gasteiger partial charge in [-0.25, -0.2) is 0 Å². The number of aryl methyl sites for hydroxylation is 2. The van der Waals surface area contributed by atoms with Crippen LogP contribution in [-0.2, 0) is 12.8 Å². The molecule has 96 valence electrons. The van der Waals surface area contributed by atoms with Crippen molar-refractivity contribution >= 4 is 0 Å². The third-order valence-corrected chi connectivity index (χ3v) is 3.52. The molecule has 0 bridgehead atoms. The molecular weight excluding hydrogens is 206 g/mol.